The van der Waals surface area contributed by atoms with Crippen LogP contribution in [0.4, 0.5) is 5.69 Å². The summed E-state index contributed by atoms with van der Waals surface area (Å²) in [5.74, 6) is 0.798. The Bertz CT molecular complexity index is 705. The second-order valence-electron chi connectivity index (χ2n) is 6.20. The molecule has 2 aromatic rings. The highest BCUT2D eigenvalue weighted by molar-refractivity contribution is 7.80. The highest BCUT2D eigenvalue weighted by Crippen LogP contribution is 2.24. The number of ether oxygens (including phenoxy) is 2. The Kier molecular flexibility index (Phi) is 6.80. The molecule has 3 rings (SSSR count). The van der Waals surface area contributed by atoms with Crippen LogP contribution in [0.5, 0.6) is 5.75 Å². The summed E-state index contributed by atoms with van der Waals surface area (Å²) in [4.78, 5) is 6.56. The first-order valence-electron chi connectivity index (χ1n) is 9.05. The summed E-state index contributed by atoms with van der Waals surface area (Å²) in [6.07, 6.45) is 4.19. The van der Waals surface area contributed by atoms with Gasteiger partial charge in [0, 0.05) is 19.3 Å². The summed E-state index contributed by atoms with van der Waals surface area (Å²) in [5.41, 5.74) is 1.85. The van der Waals surface area contributed by atoms with Crippen LogP contribution in [-0.2, 0) is 11.3 Å². The molecule has 26 heavy (non-hydrogen) atoms. The third kappa shape index (κ3) is 5.16. The maximum atomic E-state index is 5.81. The van der Waals surface area contributed by atoms with Crippen LogP contribution in [0.25, 0.3) is 0 Å². The van der Waals surface area contributed by atoms with Crippen molar-refractivity contribution in [3.63, 3.8) is 0 Å². The average molecular weight is 372 g/mol. The molecule has 1 aromatic heterocycles. The van der Waals surface area contributed by atoms with E-state index in [2.05, 4.69) is 15.2 Å². The summed E-state index contributed by atoms with van der Waals surface area (Å²) in [7, 11) is 0. The summed E-state index contributed by atoms with van der Waals surface area (Å²) < 4.78 is 11.5. The van der Waals surface area contributed by atoms with E-state index in [1.54, 1.807) is 6.20 Å². The number of pyridine rings is 1. The van der Waals surface area contributed by atoms with Crippen LogP contribution in [0.2, 0.25) is 0 Å². The maximum absolute atomic E-state index is 5.81. The molecule has 1 aliphatic rings. The Morgan fingerprint density at radius 2 is 2.15 bits per heavy atom. The van der Waals surface area contributed by atoms with Gasteiger partial charge in [0.1, 0.15) is 5.75 Å². The summed E-state index contributed by atoms with van der Waals surface area (Å²) >= 11 is 5.71. The van der Waals surface area contributed by atoms with E-state index in [1.807, 2.05) is 49.4 Å². The molecule has 2 heterocycles. The molecule has 1 unspecified atom stereocenters. The van der Waals surface area contributed by atoms with Crippen LogP contribution < -0.4 is 10.1 Å². The predicted octanol–water partition coefficient (Wildman–Crippen LogP) is 3.86. The van der Waals surface area contributed by atoms with Gasteiger partial charge in [-0.25, -0.2) is 0 Å². The fourth-order valence-electron chi connectivity index (χ4n) is 2.99. The number of rotatable bonds is 7. The maximum Gasteiger partial charge on any atom is 0.173 e. The zero-order valence-electron chi connectivity index (χ0n) is 15.1. The van der Waals surface area contributed by atoms with Crippen molar-refractivity contribution in [1.82, 2.24) is 9.88 Å². The number of para-hydroxylation sites is 2. The van der Waals surface area contributed by atoms with Crippen molar-refractivity contribution in [2.45, 2.75) is 32.4 Å². The highest BCUT2D eigenvalue weighted by Gasteiger charge is 2.22. The first-order chi connectivity index (χ1) is 12.8. The van der Waals surface area contributed by atoms with Crippen molar-refractivity contribution in [2.75, 3.05) is 25.1 Å². The monoisotopic (exact) mass is 371 g/mol. The minimum atomic E-state index is 0.209. The van der Waals surface area contributed by atoms with E-state index in [-0.39, 0.29) is 6.10 Å². The second-order valence-corrected chi connectivity index (χ2v) is 6.58. The van der Waals surface area contributed by atoms with E-state index in [4.69, 9.17) is 21.7 Å². The lowest BCUT2D eigenvalue weighted by Gasteiger charge is -2.28. The van der Waals surface area contributed by atoms with Crippen LogP contribution in [0, 0.1) is 0 Å². The lowest BCUT2D eigenvalue weighted by Crippen LogP contribution is -2.39. The third-order valence-corrected chi connectivity index (χ3v) is 4.60. The Morgan fingerprint density at radius 1 is 1.31 bits per heavy atom. The van der Waals surface area contributed by atoms with Gasteiger partial charge in [0.25, 0.3) is 0 Å². The van der Waals surface area contributed by atoms with Gasteiger partial charge in [-0.1, -0.05) is 18.2 Å². The van der Waals surface area contributed by atoms with Crippen LogP contribution in [0.3, 0.4) is 0 Å². The number of hydrogen-bond acceptors (Lipinski definition) is 4. The smallest absolute Gasteiger partial charge is 0.173 e. The molecule has 1 aromatic carbocycles. The summed E-state index contributed by atoms with van der Waals surface area (Å²) in [5, 5.41) is 3.99. The molecule has 0 saturated carbocycles. The van der Waals surface area contributed by atoms with Gasteiger partial charge in [0.05, 0.1) is 30.6 Å². The minimum absolute atomic E-state index is 0.209. The lowest BCUT2D eigenvalue weighted by molar-refractivity contribution is 0.0903. The number of hydrogen-bond donors (Lipinski definition) is 1. The second kappa shape index (κ2) is 9.50. The van der Waals surface area contributed by atoms with Crippen molar-refractivity contribution in [3.8, 4) is 5.75 Å². The topological polar surface area (TPSA) is 46.6 Å². The minimum Gasteiger partial charge on any atom is -0.492 e. The normalized spacial score (nSPS) is 16.3. The predicted molar refractivity (Wildman–Crippen MR) is 107 cm³/mol. The van der Waals surface area contributed by atoms with Gasteiger partial charge in [-0.15, -0.1) is 0 Å². The van der Waals surface area contributed by atoms with E-state index < -0.39 is 0 Å². The molecule has 1 fully saturated rings. The quantitative estimate of drug-likeness (QED) is 0.746. The molecule has 0 radical (unpaired) electrons. The van der Waals surface area contributed by atoms with Crippen molar-refractivity contribution < 1.29 is 9.47 Å². The van der Waals surface area contributed by atoms with Crippen LogP contribution in [0.15, 0.2) is 48.7 Å². The molecular formula is C20H25N3O2S. The number of nitrogens with one attached hydrogen (secondary N) is 1. The van der Waals surface area contributed by atoms with Crippen molar-refractivity contribution >= 4 is 23.0 Å². The van der Waals surface area contributed by atoms with E-state index in [0.29, 0.717) is 18.3 Å². The van der Waals surface area contributed by atoms with E-state index in [9.17, 15) is 0 Å². The SMILES string of the molecule is CCOc1ccccc1NC(=S)N(Cc1ccccn1)CC1CCCO1. The molecule has 1 aliphatic heterocycles. The van der Waals surface area contributed by atoms with E-state index >= 15 is 0 Å². The molecule has 0 bridgehead atoms. The lowest BCUT2D eigenvalue weighted by atomic mass is 10.2. The molecule has 1 N–H and O–H groups in total. The number of thiocarbonyl (C=S) groups is 1. The number of benzene rings is 1. The van der Waals surface area contributed by atoms with Gasteiger partial charge >= 0.3 is 0 Å². The average Bonchev–Trinajstić information content (AvgIpc) is 3.17. The van der Waals surface area contributed by atoms with Gasteiger partial charge in [0.15, 0.2) is 5.11 Å². The molecule has 0 aliphatic carbocycles. The van der Waals surface area contributed by atoms with Crippen molar-refractivity contribution in [2.24, 2.45) is 0 Å². The Labute approximate surface area is 160 Å². The molecular weight excluding hydrogens is 346 g/mol. The largest absolute Gasteiger partial charge is 0.492 e. The molecule has 5 nitrogen and oxygen atoms in total. The standard InChI is InChI=1S/C20H25N3O2S/c1-2-24-19-11-4-3-10-18(19)22-20(26)23(15-17-9-7-13-25-17)14-16-8-5-6-12-21-16/h3-6,8,10-12,17H,2,7,9,13-15H2,1H3,(H,22,26). The van der Waals surface area contributed by atoms with Gasteiger partial charge in [-0.2, -0.15) is 0 Å². The summed E-state index contributed by atoms with van der Waals surface area (Å²) in [6.45, 7) is 4.80. The first kappa shape index (κ1) is 18.6. The molecule has 1 atom stereocenters. The summed E-state index contributed by atoms with van der Waals surface area (Å²) in [6, 6.07) is 13.8. The number of nitrogens with zero attached hydrogens (tertiary/aromatic N) is 2. The third-order valence-electron chi connectivity index (χ3n) is 4.24. The van der Waals surface area contributed by atoms with Crippen molar-refractivity contribution in [3.05, 3.63) is 54.4 Å². The van der Waals surface area contributed by atoms with Crippen LogP contribution in [-0.4, -0.2) is 40.9 Å². The van der Waals surface area contributed by atoms with Crippen molar-refractivity contribution in [1.29, 1.82) is 0 Å². The Hall–Kier alpha value is -2.18. The first-order valence-corrected chi connectivity index (χ1v) is 9.46. The van der Waals surface area contributed by atoms with Gasteiger partial charge in [0.2, 0.25) is 0 Å². The van der Waals surface area contributed by atoms with Gasteiger partial charge in [-0.05, 0) is 56.2 Å². The van der Waals surface area contributed by atoms with Crippen LogP contribution >= 0.6 is 12.2 Å². The fourth-order valence-corrected chi connectivity index (χ4v) is 3.24. The van der Waals surface area contributed by atoms with E-state index in [1.165, 1.54) is 0 Å². The molecule has 6 heteroatoms. The molecule has 0 spiro atoms. The van der Waals surface area contributed by atoms with Crippen LogP contribution in [0.1, 0.15) is 25.5 Å². The highest BCUT2D eigenvalue weighted by atomic mass is 32.1. The molecule has 1 saturated heterocycles. The number of aromatic nitrogens is 1. The zero-order valence-corrected chi connectivity index (χ0v) is 15.9. The fraction of sp³-hybridized carbons (Fsp3) is 0.400. The van der Waals surface area contributed by atoms with E-state index in [0.717, 1.165) is 43.1 Å². The van der Waals surface area contributed by atoms with Gasteiger partial charge in [-0.3, -0.25) is 4.98 Å². The molecule has 0 amide bonds. The molecule has 138 valence electrons. The Morgan fingerprint density at radius 3 is 2.88 bits per heavy atom. The van der Waals surface area contributed by atoms with Gasteiger partial charge < -0.3 is 19.7 Å². The number of anilines is 1. The zero-order chi connectivity index (χ0) is 18.2. The Balaban J connectivity index is 1.73.